The Kier molecular flexibility index (Phi) is 5.83. The van der Waals surface area contributed by atoms with E-state index in [2.05, 4.69) is 41.5 Å². The molecule has 0 aliphatic heterocycles. The average molecular weight is 227 g/mol. The number of nitrogens with zero attached hydrogens (tertiary/aromatic N) is 2. The molecule has 0 saturated heterocycles. The van der Waals surface area contributed by atoms with Crippen molar-refractivity contribution in [3.05, 3.63) is 16.1 Å². The first-order valence-electron chi connectivity index (χ1n) is 5.58. The minimum absolute atomic E-state index is 0.901. The van der Waals surface area contributed by atoms with Crippen molar-refractivity contribution in [1.29, 1.82) is 0 Å². The molecule has 0 unspecified atom stereocenters. The van der Waals surface area contributed by atoms with Gasteiger partial charge in [-0.15, -0.1) is 11.3 Å². The predicted octanol–water partition coefficient (Wildman–Crippen LogP) is 2.09. The van der Waals surface area contributed by atoms with Gasteiger partial charge < -0.3 is 10.2 Å². The Morgan fingerprint density at radius 2 is 2.27 bits per heavy atom. The summed E-state index contributed by atoms with van der Waals surface area (Å²) in [5.74, 6) is 0. The standard InChI is InChI=1S/C11H21N3S/c1-4-6-14(3)8-10-9-15-11(13-10)7-12-5-2/h9,12H,4-8H2,1-3H3. The van der Waals surface area contributed by atoms with E-state index in [1.807, 2.05) is 0 Å². The lowest BCUT2D eigenvalue weighted by Crippen LogP contribution is -2.18. The molecule has 4 heteroatoms. The molecule has 0 bridgehead atoms. The highest BCUT2D eigenvalue weighted by Gasteiger charge is 2.04. The molecule has 0 spiro atoms. The Hall–Kier alpha value is -0.450. The van der Waals surface area contributed by atoms with Gasteiger partial charge in [0.2, 0.25) is 0 Å². The number of hydrogen-bond acceptors (Lipinski definition) is 4. The first-order valence-corrected chi connectivity index (χ1v) is 6.46. The third kappa shape index (κ3) is 4.73. The van der Waals surface area contributed by atoms with E-state index in [9.17, 15) is 0 Å². The predicted molar refractivity (Wildman–Crippen MR) is 66.1 cm³/mol. The van der Waals surface area contributed by atoms with Gasteiger partial charge in [0.25, 0.3) is 0 Å². The molecular formula is C11H21N3S. The Labute approximate surface area is 96.5 Å². The number of hydrogen-bond donors (Lipinski definition) is 1. The second-order valence-electron chi connectivity index (χ2n) is 3.75. The highest BCUT2D eigenvalue weighted by molar-refractivity contribution is 7.09. The zero-order chi connectivity index (χ0) is 11.1. The van der Waals surface area contributed by atoms with E-state index in [1.165, 1.54) is 17.1 Å². The van der Waals surface area contributed by atoms with Crippen LogP contribution in [0.5, 0.6) is 0 Å². The highest BCUT2D eigenvalue weighted by atomic mass is 32.1. The van der Waals surface area contributed by atoms with Crippen molar-refractivity contribution in [2.75, 3.05) is 20.1 Å². The summed E-state index contributed by atoms with van der Waals surface area (Å²) in [4.78, 5) is 6.90. The molecule has 0 fully saturated rings. The van der Waals surface area contributed by atoms with E-state index < -0.39 is 0 Å². The molecule has 1 aromatic heterocycles. The summed E-state index contributed by atoms with van der Waals surface area (Å²) in [7, 11) is 2.15. The van der Waals surface area contributed by atoms with Gasteiger partial charge in [-0.2, -0.15) is 0 Å². The number of nitrogens with one attached hydrogen (secondary N) is 1. The van der Waals surface area contributed by atoms with Crippen molar-refractivity contribution in [2.24, 2.45) is 0 Å². The van der Waals surface area contributed by atoms with Gasteiger partial charge in [0.15, 0.2) is 0 Å². The molecule has 0 atom stereocenters. The van der Waals surface area contributed by atoms with E-state index >= 15 is 0 Å². The summed E-state index contributed by atoms with van der Waals surface area (Å²) in [6.07, 6.45) is 1.20. The molecule has 0 aromatic carbocycles. The molecule has 1 N–H and O–H groups in total. The lowest BCUT2D eigenvalue weighted by Gasteiger charge is -2.13. The topological polar surface area (TPSA) is 28.2 Å². The Balaban J connectivity index is 2.38. The van der Waals surface area contributed by atoms with Crippen LogP contribution in [0.2, 0.25) is 0 Å². The Morgan fingerprint density at radius 1 is 1.47 bits per heavy atom. The van der Waals surface area contributed by atoms with E-state index in [4.69, 9.17) is 0 Å². The van der Waals surface area contributed by atoms with E-state index in [1.54, 1.807) is 11.3 Å². The molecular weight excluding hydrogens is 206 g/mol. The van der Waals surface area contributed by atoms with Gasteiger partial charge >= 0.3 is 0 Å². The van der Waals surface area contributed by atoms with Crippen LogP contribution in [-0.4, -0.2) is 30.0 Å². The van der Waals surface area contributed by atoms with Crippen LogP contribution < -0.4 is 5.32 Å². The monoisotopic (exact) mass is 227 g/mol. The van der Waals surface area contributed by atoms with E-state index in [0.717, 1.165) is 26.2 Å². The number of thiazole rings is 1. The normalized spacial score (nSPS) is 11.2. The van der Waals surface area contributed by atoms with Crippen molar-refractivity contribution in [3.63, 3.8) is 0 Å². The van der Waals surface area contributed by atoms with Gasteiger partial charge in [0.1, 0.15) is 5.01 Å². The highest BCUT2D eigenvalue weighted by Crippen LogP contribution is 2.11. The second kappa shape index (κ2) is 6.93. The lowest BCUT2D eigenvalue weighted by atomic mass is 10.4. The van der Waals surface area contributed by atoms with Gasteiger partial charge in [0, 0.05) is 18.5 Å². The molecule has 1 aromatic rings. The SMILES string of the molecule is CCCN(C)Cc1csc(CNCC)n1. The average Bonchev–Trinajstić information content (AvgIpc) is 2.63. The molecule has 86 valence electrons. The van der Waals surface area contributed by atoms with Crippen molar-refractivity contribution < 1.29 is 0 Å². The van der Waals surface area contributed by atoms with Crippen LogP contribution in [0.3, 0.4) is 0 Å². The van der Waals surface area contributed by atoms with Gasteiger partial charge in [0.05, 0.1) is 5.69 Å². The number of rotatable bonds is 7. The van der Waals surface area contributed by atoms with Crippen LogP contribution in [-0.2, 0) is 13.1 Å². The molecule has 0 saturated carbocycles. The summed E-state index contributed by atoms with van der Waals surface area (Å²) in [5.41, 5.74) is 1.20. The second-order valence-corrected chi connectivity index (χ2v) is 4.69. The van der Waals surface area contributed by atoms with Crippen LogP contribution in [0.15, 0.2) is 5.38 Å². The van der Waals surface area contributed by atoms with Crippen LogP contribution in [0.25, 0.3) is 0 Å². The van der Waals surface area contributed by atoms with Crippen LogP contribution >= 0.6 is 11.3 Å². The summed E-state index contributed by atoms with van der Waals surface area (Å²) in [6, 6.07) is 0. The van der Waals surface area contributed by atoms with E-state index in [0.29, 0.717) is 0 Å². The van der Waals surface area contributed by atoms with Crippen LogP contribution in [0, 0.1) is 0 Å². The molecule has 0 aliphatic rings. The van der Waals surface area contributed by atoms with Crippen molar-refractivity contribution >= 4 is 11.3 Å². The Morgan fingerprint density at radius 3 is 2.93 bits per heavy atom. The third-order valence-corrected chi connectivity index (χ3v) is 3.06. The van der Waals surface area contributed by atoms with Gasteiger partial charge in [-0.3, -0.25) is 0 Å². The molecule has 15 heavy (non-hydrogen) atoms. The zero-order valence-corrected chi connectivity index (χ0v) is 10.7. The third-order valence-electron chi connectivity index (χ3n) is 2.16. The van der Waals surface area contributed by atoms with Gasteiger partial charge in [-0.25, -0.2) is 4.98 Å². The summed E-state index contributed by atoms with van der Waals surface area (Å²) < 4.78 is 0. The van der Waals surface area contributed by atoms with E-state index in [-0.39, 0.29) is 0 Å². The summed E-state index contributed by atoms with van der Waals surface area (Å²) in [6.45, 7) is 8.33. The first kappa shape index (κ1) is 12.6. The smallest absolute Gasteiger partial charge is 0.107 e. The molecule has 0 aliphatic carbocycles. The minimum atomic E-state index is 0.901. The molecule has 0 amide bonds. The molecule has 3 nitrogen and oxygen atoms in total. The van der Waals surface area contributed by atoms with Crippen LogP contribution in [0.4, 0.5) is 0 Å². The molecule has 1 heterocycles. The number of aromatic nitrogens is 1. The maximum atomic E-state index is 4.58. The fraction of sp³-hybridized carbons (Fsp3) is 0.727. The maximum absolute atomic E-state index is 4.58. The summed E-state index contributed by atoms with van der Waals surface area (Å²) in [5, 5.41) is 6.65. The first-order chi connectivity index (χ1) is 7.26. The zero-order valence-electron chi connectivity index (χ0n) is 9.92. The minimum Gasteiger partial charge on any atom is -0.311 e. The quantitative estimate of drug-likeness (QED) is 0.773. The van der Waals surface area contributed by atoms with Gasteiger partial charge in [-0.05, 0) is 26.6 Å². The summed E-state index contributed by atoms with van der Waals surface area (Å²) >= 11 is 1.75. The lowest BCUT2D eigenvalue weighted by molar-refractivity contribution is 0.324. The van der Waals surface area contributed by atoms with Crippen molar-refractivity contribution in [2.45, 2.75) is 33.4 Å². The maximum Gasteiger partial charge on any atom is 0.107 e. The Bertz CT molecular complexity index is 273. The largest absolute Gasteiger partial charge is 0.311 e. The molecule has 0 radical (unpaired) electrons. The van der Waals surface area contributed by atoms with Gasteiger partial charge in [-0.1, -0.05) is 13.8 Å². The van der Waals surface area contributed by atoms with Crippen molar-refractivity contribution in [3.8, 4) is 0 Å². The van der Waals surface area contributed by atoms with Crippen LogP contribution in [0.1, 0.15) is 31.0 Å². The fourth-order valence-electron chi connectivity index (χ4n) is 1.47. The molecule has 1 rings (SSSR count). The van der Waals surface area contributed by atoms with Crippen molar-refractivity contribution in [1.82, 2.24) is 15.2 Å². The fourth-order valence-corrected chi connectivity index (χ4v) is 2.23.